The van der Waals surface area contributed by atoms with Gasteiger partial charge in [-0.15, -0.1) is 0 Å². The lowest BCUT2D eigenvalue weighted by Crippen LogP contribution is -2.37. The standard InChI is InChI=1S/C13H14N2O4/c1-15(13(17)11-5-3-7-19-11)9-12(16)14-8-10-4-2-6-18-10/h2-7H,8-9H2,1H3,(H,14,16). The highest BCUT2D eigenvalue weighted by molar-refractivity contribution is 5.94. The van der Waals surface area contributed by atoms with Gasteiger partial charge in [0.05, 0.1) is 25.6 Å². The van der Waals surface area contributed by atoms with E-state index < -0.39 is 0 Å². The van der Waals surface area contributed by atoms with Crippen molar-refractivity contribution in [2.45, 2.75) is 6.54 Å². The predicted octanol–water partition coefficient (Wildman–Crippen LogP) is 1.26. The van der Waals surface area contributed by atoms with Crippen LogP contribution in [-0.2, 0) is 11.3 Å². The van der Waals surface area contributed by atoms with Gasteiger partial charge in [-0.2, -0.15) is 0 Å². The Morgan fingerprint density at radius 3 is 2.58 bits per heavy atom. The quantitative estimate of drug-likeness (QED) is 0.880. The van der Waals surface area contributed by atoms with Crippen molar-refractivity contribution in [3.05, 3.63) is 48.3 Å². The van der Waals surface area contributed by atoms with Crippen molar-refractivity contribution in [2.24, 2.45) is 0 Å². The van der Waals surface area contributed by atoms with Gasteiger partial charge in [0.25, 0.3) is 5.91 Å². The molecule has 0 aromatic carbocycles. The first-order chi connectivity index (χ1) is 9.16. The second-order valence-corrected chi connectivity index (χ2v) is 3.99. The summed E-state index contributed by atoms with van der Waals surface area (Å²) in [4.78, 5) is 24.7. The van der Waals surface area contributed by atoms with Gasteiger partial charge in [0.15, 0.2) is 5.76 Å². The van der Waals surface area contributed by atoms with Crippen LogP contribution >= 0.6 is 0 Å². The number of carbonyl (C=O) groups is 2. The summed E-state index contributed by atoms with van der Waals surface area (Å²) >= 11 is 0. The summed E-state index contributed by atoms with van der Waals surface area (Å²) in [5.74, 6) is 0.270. The second kappa shape index (κ2) is 5.90. The number of hydrogen-bond donors (Lipinski definition) is 1. The van der Waals surface area contributed by atoms with E-state index in [1.165, 1.54) is 24.5 Å². The van der Waals surface area contributed by atoms with E-state index in [1.807, 2.05) is 0 Å². The SMILES string of the molecule is CN(CC(=O)NCc1ccco1)C(=O)c1ccco1. The number of hydrogen-bond acceptors (Lipinski definition) is 4. The summed E-state index contributed by atoms with van der Waals surface area (Å²) in [6.07, 6.45) is 2.95. The first kappa shape index (κ1) is 12.9. The number of carbonyl (C=O) groups excluding carboxylic acids is 2. The lowest BCUT2D eigenvalue weighted by atomic mass is 10.3. The Labute approximate surface area is 110 Å². The maximum Gasteiger partial charge on any atom is 0.289 e. The van der Waals surface area contributed by atoms with Crippen LogP contribution in [-0.4, -0.2) is 30.3 Å². The molecule has 2 aromatic rings. The summed E-state index contributed by atoms with van der Waals surface area (Å²) in [6, 6.07) is 6.68. The van der Waals surface area contributed by atoms with Crippen molar-refractivity contribution < 1.29 is 18.4 Å². The minimum absolute atomic E-state index is 0.0414. The molecule has 0 atom stereocenters. The molecule has 0 spiro atoms. The van der Waals surface area contributed by atoms with Crippen LogP contribution in [0.25, 0.3) is 0 Å². The number of amides is 2. The highest BCUT2D eigenvalue weighted by Crippen LogP contribution is 2.04. The highest BCUT2D eigenvalue weighted by atomic mass is 16.3. The zero-order valence-corrected chi connectivity index (χ0v) is 10.5. The topological polar surface area (TPSA) is 75.7 Å². The lowest BCUT2D eigenvalue weighted by molar-refractivity contribution is -0.121. The van der Waals surface area contributed by atoms with E-state index in [-0.39, 0.29) is 24.1 Å². The van der Waals surface area contributed by atoms with Gasteiger partial charge in [-0.05, 0) is 24.3 Å². The maximum absolute atomic E-state index is 11.8. The van der Waals surface area contributed by atoms with Crippen molar-refractivity contribution in [2.75, 3.05) is 13.6 Å². The maximum atomic E-state index is 11.8. The average molecular weight is 262 g/mol. The van der Waals surface area contributed by atoms with Gasteiger partial charge >= 0.3 is 0 Å². The van der Waals surface area contributed by atoms with Crippen LogP contribution in [0.3, 0.4) is 0 Å². The van der Waals surface area contributed by atoms with Crippen LogP contribution in [0.2, 0.25) is 0 Å². The van der Waals surface area contributed by atoms with E-state index in [4.69, 9.17) is 8.83 Å². The largest absolute Gasteiger partial charge is 0.467 e. The molecule has 0 aliphatic carbocycles. The first-order valence-corrected chi connectivity index (χ1v) is 5.75. The fourth-order valence-electron chi connectivity index (χ4n) is 1.53. The summed E-state index contributed by atoms with van der Waals surface area (Å²) in [6.45, 7) is 0.259. The highest BCUT2D eigenvalue weighted by Gasteiger charge is 2.16. The van der Waals surface area contributed by atoms with Crippen LogP contribution in [0.1, 0.15) is 16.3 Å². The Balaban J connectivity index is 1.80. The van der Waals surface area contributed by atoms with Gasteiger partial charge in [-0.1, -0.05) is 0 Å². The third kappa shape index (κ3) is 3.48. The molecule has 0 unspecified atom stereocenters. The summed E-state index contributed by atoms with van der Waals surface area (Å²) < 4.78 is 10.1. The molecule has 6 heteroatoms. The molecule has 0 radical (unpaired) electrons. The molecule has 6 nitrogen and oxygen atoms in total. The number of rotatable bonds is 5. The van der Waals surface area contributed by atoms with E-state index in [2.05, 4.69) is 5.32 Å². The van der Waals surface area contributed by atoms with E-state index in [9.17, 15) is 9.59 Å². The molecule has 0 saturated carbocycles. The fourth-order valence-corrected chi connectivity index (χ4v) is 1.53. The molecule has 2 heterocycles. The molecular formula is C13H14N2O4. The van der Waals surface area contributed by atoms with Crippen molar-refractivity contribution in [3.8, 4) is 0 Å². The van der Waals surface area contributed by atoms with Crippen LogP contribution in [0.15, 0.2) is 45.6 Å². The van der Waals surface area contributed by atoms with E-state index >= 15 is 0 Å². The Morgan fingerprint density at radius 1 is 1.21 bits per heavy atom. The summed E-state index contributed by atoms with van der Waals surface area (Å²) in [5.41, 5.74) is 0. The minimum Gasteiger partial charge on any atom is -0.467 e. The van der Waals surface area contributed by atoms with Crippen molar-refractivity contribution >= 4 is 11.8 Å². The molecule has 1 N–H and O–H groups in total. The Hall–Kier alpha value is -2.50. The zero-order valence-electron chi connectivity index (χ0n) is 10.5. The van der Waals surface area contributed by atoms with Crippen LogP contribution in [0, 0.1) is 0 Å². The van der Waals surface area contributed by atoms with Crippen LogP contribution in [0.4, 0.5) is 0 Å². The molecule has 2 aromatic heterocycles. The van der Waals surface area contributed by atoms with E-state index in [0.717, 1.165) is 0 Å². The van der Waals surface area contributed by atoms with Gasteiger partial charge in [-0.3, -0.25) is 9.59 Å². The van der Waals surface area contributed by atoms with Crippen molar-refractivity contribution in [1.29, 1.82) is 0 Å². The van der Waals surface area contributed by atoms with E-state index in [1.54, 1.807) is 24.3 Å². The molecule has 2 rings (SSSR count). The normalized spacial score (nSPS) is 10.2. The number of nitrogens with one attached hydrogen (secondary N) is 1. The molecule has 19 heavy (non-hydrogen) atoms. The predicted molar refractivity (Wildman–Crippen MR) is 66.2 cm³/mol. The molecule has 0 saturated heterocycles. The van der Waals surface area contributed by atoms with Crippen molar-refractivity contribution in [1.82, 2.24) is 10.2 Å². The lowest BCUT2D eigenvalue weighted by Gasteiger charge is -2.14. The average Bonchev–Trinajstić information content (AvgIpc) is 3.08. The van der Waals surface area contributed by atoms with Crippen molar-refractivity contribution in [3.63, 3.8) is 0 Å². The molecule has 0 aliphatic rings. The number of nitrogens with zero attached hydrogens (tertiary/aromatic N) is 1. The third-order valence-corrected chi connectivity index (χ3v) is 2.50. The Morgan fingerprint density at radius 2 is 1.95 bits per heavy atom. The smallest absolute Gasteiger partial charge is 0.289 e. The van der Waals surface area contributed by atoms with Crippen LogP contribution < -0.4 is 5.32 Å². The third-order valence-electron chi connectivity index (χ3n) is 2.50. The zero-order chi connectivity index (χ0) is 13.7. The Bertz CT molecular complexity index is 531. The van der Waals surface area contributed by atoms with Gasteiger partial charge in [0.1, 0.15) is 5.76 Å². The summed E-state index contributed by atoms with van der Waals surface area (Å²) in [7, 11) is 1.54. The first-order valence-electron chi connectivity index (χ1n) is 5.75. The van der Waals surface area contributed by atoms with Crippen LogP contribution in [0.5, 0.6) is 0 Å². The second-order valence-electron chi connectivity index (χ2n) is 3.99. The molecule has 0 fully saturated rings. The molecular weight excluding hydrogens is 248 g/mol. The minimum atomic E-state index is -0.335. The van der Waals surface area contributed by atoms with E-state index in [0.29, 0.717) is 12.3 Å². The molecule has 2 amide bonds. The van der Waals surface area contributed by atoms with Gasteiger partial charge in [0.2, 0.25) is 5.91 Å². The number of likely N-dealkylation sites (N-methyl/N-ethyl adjacent to an activating group) is 1. The fraction of sp³-hybridized carbons (Fsp3) is 0.231. The molecule has 0 aliphatic heterocycles. The molecule has 0 bridgehead atoms. The van der Waals surface area contributed by atoms with Gasteiger partial charge < -0.3 is 19.1 Å². The number of furan rings is 2. The van der Waals surface area contributed by atoms with Gasteiger partial charge in [-0.25, -0.2) is 0 Å². The van der Waals surface area contributed by atoms with Gasteiger partial charge in [0, 0.05) is 7.05 Å². The monoisotopic (exact) mass is 262 g/mol. The summed E-state index contributed by atoms with van der Waals surface area (Å²) in [5, 5.41) is 2.66. The Kier molecular flexibility index (Phi) is 4.02. The molecule has 100 valence electrons.